The number of rotatable bonds is 7. The quantitative estimate of drug-likeness (QED) is 0.403. The predicted octanol–water partition coefficient (Wildman–Crippen LogP) is 6.41. The molecular weight excluding hydrogens is 434 g/mol. The van der Waals surface area contributed by atoms with Crippen LogP contribution in [0.2, 0.25) is 5.02 Å². The van der Waals surface area contributed by atoms with Gasteiger partial charge in [-0.1, -0.05) is 64.4 Å². The van der Waals surface area contributed by atoms with E-state index in [0.717, 1.165) is 6.42 Å². The lowest BCUT2D eigenvalue weighted by atomic mass is 9.84. The van der Waals surface area contributed by atoms with Crippen LogP contribution in [0.5, 0.6) is 0 Å². The third-order valence-electron chi connectivity index (χ3n) is 5.90. The zero-order valence-electron chi connectivity index (χ0n) is 20.4. The number of halogens is 1. The Hall–Kier alpha value is -2.66. The maximum atomic E-state index is 13.6. The fraction of sp³-hybridized carbons (Fsp3) is 0.444. The molecule has 3 aromatic rings. The van der Waals surface area contributed by atoms with Crippen molar-refractivity contribution in [2.75, 3.05) is 7.05 Å². The van der Waals surface area contributed by atoms with Crippen LogP contribution in [0.15, 0.2) is 53.3 Å². The van der Waals surface area contributed by atoms with Gasteiger partial charge in [0, 0.05) is 18.5 Å². The SMILES string of the molecule is CCC(c1nc2ccccc2c(=O)n1-c1cccc(Cl)c1)N(C)C(=O)CC(C)CC(C)(C)C. The van der Waals surface area contributed by atoms with Crippen molar-refractivity contribution in [2.45, 2.75) is 59.9 Å². The van der Waals surface area contributed by atoms with E-state index in [1.54, 1.807) is 27.7 Å². The van der Waals surface area contributed by atoms with Gasteiger partial charge in [0.05, 0.1) is 22.6 Å². The van der Waals surface area contributed by atoms with Crippen LogP contribution in [0.4, 0.5) is 0 Å². The lowest BCUT2D eigenvalue weighted by Gasteiger charge is -2.31. The number of hydrogen-bond donors (Lipinski definition) is 0. The topological polar surface area (TPSA) is 55.2 Å². The molecule has 1 heterocycles. The predicted molar refractivity (Wildman–Crippen MR) is 136 cm³/mol. The lowest BCUT2D eigenvalue weighted by Crippen LogP contribution is -2.36. The van der Waals surface area contributed by atoms with Gasteiger partial charge in [-0.25, -0.2) is 4.98 Å². The van der Waals surface area contributed by atoms with Gasteiger partial charge in [-0.2, -0.15) is 0 Å². The molecule has 0 spiro atoms. The third-order valence-corrected chi connectivity index (χ3v) is 6.13. The molecule has 0 aliphatic heterocycles. The molecule has 0 N–H and O–H groups in total. The number of aromatic nitrogens is 2. The molecule has 0 bridgehead atoms. The Labute approximate surface area is 201 Å². The van der Waals surface area contributed by atoms with Crippen molar-refractivity contribution in [1.82, 2.24) is 14.5 Å². The van der Waals surface area contributed by atoms with Crippen molar-refractivity contribution >= 4 is 28.4 Å². The van der Waals surface area contributed by atoms with Crippen LogP contribution in [0, 0.1) is 11.3 Å². The smallest absolute Gasteiger partial charge is 0.266 e. The summed E-state index contributed by atoms with van der Waals surface area (Å²) in [5.74, 6) is 0.860. The average Bonchev–Trinajstić information content (AvgIpc) is 2.73. The van der Waals surface area contributed by atoms with Crippen molar-refractivity contribution in [3.63, 3.8) is 0 Å². The Balaban J connectivity index is 2.09. The van der Waals surface area contributed by atoms with Crippen molar-refractivity contribution in [3.05, 3.63) is 69.7 Å². The summed E-state index contributed by atoms with van der Waals surface area (Å²) in [6.45, 7) is 10.7. The third kappa shape index (κ3) is 5.83. The van der Waals surface area contributed by atoms with E-state index in [9.17, 15) is 9.59 Å². The molecule has 3 rings (SSSR count). The van der Waals surface area contributed by atoms with E-state index < -0.39 is 0 Å². The minimum Gasteiger partial charge on any atom is -0.336 e. The number of fused-ring (bicyclic) bond motifs is 1. The number of nitrogens with zero attached hydrogens (tertiary/aromatic N) is 3. The van der Waals surface area contributed by atoms with Crippen molar-refractivity contribution in [2.24, 2.45) is 11.3 Å². The van der Waals surface area contributed by atoms with Gasteiger partial charge in [-0.3, -0.25) is 14.2 Å². The molecule has 2 aromatic carbocycles. The molecule has 6 heteroatoms. The standard InChI is InChI=1S/C27H34ClN3O2/c1-7-23(30(6)24(32)15-18(2)17-27(3,4)5)25-29-22-14-9-8-13-21(22)26(33)31(25)20-12-10-11-19(28)16-20/h8-14,16,18,23H,7,15,17H2,1-6H3. The van der Waals surface area contributed by atoms with Gasteiger partial charge in [-0.15, -0.1) is 0 Å². The summed E-state index contributed by atoms with van der Waals surface area (Å²) in [7, 11) is 1.81. The summed E-state index contributed by atoms with van der Waals surface area (Å²) >= 11 is 6.25. The normalized spacial score (nSPS) is 13.7. The number of para-hydroxylation sites is 1. The van der Waals surface area contributed by atoms with E-state index in [-0.39, 0.29) is 28.8 Å². The maximum Gasteiger partial charge on any atom is 0.266 e. The highest BCUT2D eigenvalue weighted by Gasteiger charge is 2.28. The first-order valence-electron chi connectivity index (χ1n) is 11.5. The van der Waals surface area contributed by atoms with Gasteiger partial charge >= 0.3 is 0 Å². The Bertz CT molecular complexity index is 1200. The van der Waals surface area contributed by atoms with E-state index in [1.807, 2.05) is 44.3 Å². The summed E-state index contributed by atoms with van der Waals surface area (Å²) < 4.78 is 1.60. The summed E-state index contributed by atoms with van der Waals surface area (Å²) in [5, 5.41) is 1.07. The summed E-state index contributed by atoms with van der Waals surface area (Å²) in [6.07, 6.45) is 2.05. The zero-order chi connectivity index (χ0) is 24.3. The first-order valence-corrected chi connectivity index (χ1v) is 11.9. The van der Waals surface area contributed by atoms with E-state index in [2.05, 4.69) is 27.7 Å². The molecule has 0 fully saturated rings. The minimum atomic E-state index is -0.351. The molecule has 1 amide bonds. The van der Waals surface area contributed by atoms with Crippen LogP contribution >= 0.6 is 11.6 Å². The zero-order valence-corrected chi connectivity index (χ0v) is 21.2. The lowest BCUT2D eigenvalue weighted by molar-refractivity contribution is -0.133. The Morgan fingerprint density at radius 2 is 1.85 bits per heavy atom. The van der Waals surface area contributed by atoms with Gasteiger partial charge in [0.2, 0.25) is 5.91 Å². The molecule has 1 aromatic heterocycles. The Kier molecular flexibility index (Phi) is 7.63. The van der Waals surface area contributed by atoms with Crippen molar-refractivity contribution in [3.8, 4) is 5.69 Å². The number of amides is 1. The first-order chi connectivity index (χ1) is 15.5. The second-order valence-electron chi connectivity index (χ2n) is 10.1. The molecule has 0 radical (unpaired) electrons. The van der Waals surface area contributed by atoms with E-state index in [0.29, 0.717) is 40.3 Å². The molecule has 2 atom stereocenters. The molecule has 0 saturated carbocycles. The van der Waals surface area contributed by atoms with Crippen LogP contribution in [-0.2, 0) is 4.79 Å². The van der Waals surface area contributed by atoms with Gasteiger partial charge in [-0.05, 0) is 54.5 Å². The average molecular weight is 468 g/mol. The van der Waals surface area contributed by atoms with Crippen LogP contribution in [-0.4, -0.2) is 27.4 Å². The molecule has 0 aliphatic rings. The fourth-order valence-corrected chi connectivity index (χ4v) is 4.79. The van der Waals surface area contributed by atoms with Crippen LogP contribution < -0.4 is 5.56 Å². The fourth-order valence-electron chi connectivity index (χ4n) is 4.60. The first kappa shape index (κ1) is 25.0. The number of carbonyl (C=O) groups excluding carboxylic acids is 1. The Morgan fingerprint density at radius 1 is 1.15 bits per heavy atom. The van der Waals surface area contributed by atoms with E-state index in [1.165, 1.54) is 0 Å². The van der Waals surface area contributed by atoms with Crippen LogP contribution in [0.1, 0.15) is 65.7 Å². The summed E-state index contributed by atoms with van der Waals surface area (Å²) in [4.78, 5) is 33.5. The van der Waals surface area contributed by atoms with Crippen LogP contribution in [0.3, 0.4) is 0 Å². The second-order valence-corrected chi connectivity index (χ2v) is 10.5. The minimum absolute atomic E-state index is 0.0543. The highest BCUT2D eigenvalue weighted by molar-refractivity contribution is 6.30. The molecule has 176 valence electrons. The van der Waals surface area contributed by atoms with Gasteiger partial charge in [0.25, 0.3) is 5.56 Å². The largest absolute Gasteiger partial charge is 0.336 e. The monoisotopic (exact) mass is 467 g/mol. The summed E-state index contributed by atoms with van der Waals surface area (Å²) in [6, 6.07) is 14.1. The molecule has 33 heavy (non-hydrogen) atoms. The van der Waals surface area contributed by atoms with E-state index >= 15 is 0 Å². The number of carbonyl (C=O) groups is 1. The van der Waals surface area contributed by atoms with Gasteiger partial charge < -0.3 is 4.90 Å². The highest BCUT2D eigenvalue weighted by atomic mass is 35.5. The Morgan fingerprint density at radius 3 is 2.48 bits per heavy atom. The van der Waals surface area contributed by atoms with Gasteiger partial charge in [0.15, 0.2) is 0 Å². The molecule has 0 aliphatic carbocycles. The summed E-state index contributed by atoms with van der Waals surface area (Å²) in [5.41, 5.74) is 1.26. The van der Waals surface area contributed by atoms with E-state index in [4.69, 9.17) is 16.6 Å². The van der Waals surface area contributed by atoms with Crippen LogP contribution in [0.25, 0.3) is 16.6 Å². The second kappa shape index (κ2) is 10.1. The maximum absolute atomic E-state index is 13.6. The molecule has 2 unspecified atom stereocenters. The van der Waals surface area contributed by atoms with Gasteiger partial charge in [0.1, 0.15) is 5.82 Å². The molecule has 5 nitrogen and oxygen atoms in total. The van der Waals surface area contributed by atoms with Crippen molar-refractivity contribution < 1.29 is 4.79 Å². The molecular formula is C27H34ClN3O2. The molecule has 0 saturated heterocycles. The highest BCUT2D eigenvalue weighted by Crippen LogP contribution is 2.29. The number of benzene rings is 2. The number of hydrogen-bond acceptors (Lipinski definition) is 3. The van der Waals surface area contributed by atoms with Crippen molar-refractivity contribution in [1.29, 1.82) is 0 Å².